The number of nitro benzene ring substituents is 1. The second kappa shape index (κ2) is 7.47. The molecule has 2 aromatic carbocycles. The van der Waals surface area contributed by atoms with E-state index in [4.69, 9.17) is 5.26 Å². The number of amides is 1. The van der Waals surface area contributed by atoms with Crippen LogP contribution in [0.15, 0.2) is 53.6 Å². The molecule has 0 fully saturated rings. The van der Waals surface area contributed by atoms with Gasteiger partial charge in [0, 0.05) is 17.7 Å². The van der Waals surface area contributed by atoms with Crippen LogP contribution in [0.25, 0.3) is 0 Å². The predicted octanol–water partition coefficient (Wildman–Crippen LogP) is 2.16. The number of hydrazone groups is 1. The highest BCUT2D eigenvalue weighted by Crippen LogP contribution is 2.13. The summed E-state index contributed by atoms with van der Waals surface area (Å²) in [4.78, 5) is 21.9. The van der Waals surface area contributed by atoms with Crippen LogP contribution >= 0.6 is 0 Å². The van der Waals surface area contributed by atoms with Gasteiger partial charge in [0.15, 0.2) is 0 Å². The highest BCUT2D eigenvalue weighted by molar-refractivity contribution is 5.85. The summed E-state index contributed by atoms with van der Waals surface area (Å²) in [5, 5.41) is 23.4. The Hall–Kier alpha value is -3.53. The number of hydrogen-bond donors (Lipinski definition) is 1. The Balaban J connectivity index is 1.98. The van der Waals surface area contributed by atoms with Crippen molar-refractivity contribution >= 4 is 17.8 Å². The molecule has 2 rings (SSSR count). The van der Waals surface area contributed by atoms with E-state index < -0.39 is 10.8 Å². The maximum atomic E-state index is 11.8. The monoisotopic (exact) mass is 308 g/mol. The molecule has 0 unspecified atom stereocenters. The number of nitriles is 1. The third kappa shape index (κ3) is 4.47. The standard InChI is InChI=1S/C16H12N4O3/c17-10-13-5-1-2-6-14(13)11-18-19-16(21)9-12-4-3-7-15(8-12)20(22)23/h1-8,11H,9H2,(H,19,21)/b18-11+. The lowest BCUT2D eigenvalue weighted by molar-refractivity contribution is -0.384. The first-order valence-corrected chi connectivity index (χ1v) is 6.64. The minimum absolute atomic E-state index is 0.0289. The highest BCUT2D eigenvalue weighted by Gasteiger charge is 2.08. The highest BCUT2D eigenvalue weighted by atomic mass is 16.6. The van der Waals surface area contributed by atoms with Crippen LogP contribution in [-0.2, 0) is 11.2 Å². The molecule has 0 aromatic heterocycles. The van der Waals surface area contributed by atoms with Crippen molar-refractivity contribution < 1.29 is 9.72 Å². The van der Waals surface area contributed by atoms with Gasteiger partial charge in [-0.3, -0.25) is 14.9 Å². The first kappa shape index (κ1) is 15.9. The van der Waals surface area contributed by atoms with E-state index in [9.17, 15) is 14.9 Å². The first-order chi connectivity index (χ1) is 11.1. The van der Waals surface area contributed by atoms with Crippen molar-refractivity contribution in [2.45, 2.75) is 6.42 Å². The zero-order chi connectivity index (χ0) is 16.7. The fourth-order valence-electron chi connectivity index (χ4n) is 1.89. The summed E-state index contributed by atoms with van der Waals surface area (Å²) in [6.07, 6.45) is 1.35. The molecule has 1 amide bonds. The quantitative estimate of drug-likeness (QED) is 0.518. The smallest absolute Gasteiger partial charge is 0.269 e. The van der Waals surface area contributed by atoms with Crippen LogP contribution in [0.5, 0.6) is 0 Å². The van der Waals surface area contributed by atoms with Crippen molar-refractivity contribution in [3.05, 3.63) is 75.3 Å². The molecule has 114 valence electrons. The molecule has 7 heteroatoms. The Morgan fingerprint density at radius 3 is 2.83 bits per heavy atom. The van der Waals surface area contributed by atoms with E-state index in [1.807, 2.05) is 6.07 Å². The van der Waals surface area contributed by atoms with E-state index >= 15 is 0 Å². The second-order valence-electron chi connectivity index (χ2n) is 4.60. The molecule has 0 atom stereocenters. The third-order valence-corrected chi connectivity index (χ3v) is 2.96. The fraction of sp³-hybridized carbons (Fsp3) is 0.0625. The van der Waals surface area contributed by atoms with Crippen LogP contribution in [0.2, 0.25) is 0 Å². The van der Waals surface area contributed by atoms with Gasteiger partial charge in [0.2, 0.25) is 5.91 Å². The molecule has 0 spiro atoms. The van der Waals surface area contributed by atoms with E-state index in [0.29, 0.717) is 16.7 Å². The minimum Gasteiger partial charge on any atom is -0.273 e. The molecule has 0 aliphatic carbocycles. The summed E-state index contributed by atoms with van der Waals surface area (Å²) >= 11 is 0. The summed E-state index contributed by atoms with van der Waals surface area (Å²) in [6.45, 7) is 0. The second-order valence-corrected chi connectivity index (χ2v) is 4.60. The van der Waals surface area contributed by atoms with Gasteiger partial charge in [0.1, 0.15) is 0 Å². The normalized spacial score (nSPS) is 10.2. The average molecular weight is 308 g/mol. The molecule has 7 nitrogen and oxygen atoms in total. The SMILES string of the molecule is N#Cc1ccccc1/C=N/NC(=O)Cc1cccc([N+](=O)[O-])c1. The van der Waals surface area contributed by atoms with Crippen molar-refractivity contribution in [1.82, 2.24) is 5.43 Å². The van der Waals surface area contributed by atoms with Crippen LogP contribution in [0.4, 0.5) is 5.69 Å². The van der Waals surface area contributed by atoms with E-state index in [-0.39, 0.29) is 12.1 Å². The van der Waals surface area contributed by atoms with Crippen LogP contribution in [0, 0.1) is 21.4 Å². The van der Waals surface area contributed by atoms with Gasteiger partial charge in [-0.15, -0.1) is 0 Å². The maximum absolute atomic E-state index is 11.8. The lowest BCUT2D eigenvalue weighted by atomic mass is 10.1. The van der Waals surface area contributed by atoms with Crippen LogP contribution in [0.1, 0.15) is 16.7 Å². The zero-order valence-corrected chi connectivity index (χ0v) is 12.0. The van der Waals surface area contributed by atoms with Gasteiger partial charge in [-0.2, -0.15) is 10.4 Å². The summed E-state index contributed by atoms with van der Waals surface area (Å²) in [5.74, 6) is -0.406. The zero-order valence-electron chi connectivity index (χ0n) is 12.0. The van der Waals surface area contributed by atoms with Gasteiger partial charge in [0.25, 0.3) is 5.69 Å². The Morgan fingerprint density at radius 1 is 1.30 bits per heavy atom. The molecule has 2 aromatic rings. The number of nitrogens with one attached hydrogen (secondary N) is 1. The topological polar surface area (TPSA) is 108 Å². The van der Waals surface area contributed by atoms with Gasteiger partial charge >= 0.3 is 0 Å². The summed E-state index contributed by atoms with van der Waals surface area (Å²) in [7, 11) is 0. The number of carbonyl (C=O) groups is 1. The number of benzene rings is 2. The molecule has 1 N–H and O–H groups in total. The summed E-state index contributed by atoms with van der Waals surface area (Å²) < 4.78 is 0. The Kier molecular flexibility index (Phi) is 5.15. The Labute approximate surface area is 132 Å². The van der Waals surface area contributed by atoms with Crippen molar-refractivity contribution in [3.63, 3.8) is 0 Å². The number of carbonyl (C=O) groups excluding carboxylic acids is 1. The molecule has 0 bridgehead atoms. The van der Waals surface area contributed by atoms with E-state index in [0.717, 1.165) is 0 Å². The molecule has 0 saturated heterocycles. The minimum atomic E-state index is -0.515. The molecule has 0 saturated carbocycles. The Bertz CT molecular complexity index is 809. The van der Waals surface area contributed by atoms with Crippen molar-refractivity contribution in [1.29, 1.82) is 5.26 Å². The van der Waals surface area contributed by atoms with Gasteiger partial charge in [0.05, 0.1) is 29.2 Å². The van der Waals surface area contributed by atoms with Crippen LogP contribution in [-0.4, -0.2) is 17.0 Å². The van der Waals surface area contributed by atoms with E-state index in [1.54, 1.807) is 30.3 Å². The summed E-state index contributed by atoms with van der Waals surface area (Å²) in [6, 6.07) is 14.7. The lowest BCUT2D eigenvalue weighted by Crippen LogP contribution is -2.19. The largest absolute Gasteiger partial charge is 0.273 e. The van der Waals surface area contributed by atoms with Crippen LogP contribution < -0.4 is 5.43 Å². The molecule has 0 radical (unpaired) electrons. The van der Waals surface area contributed by atoms with Gasteiger partial charge in [-0.1, -0.05) is 30.3 Å². The number of hydrogen-bond acceptors (Lipinski definition) is 5. The number of rotatable bonds is 5. The maximum Gasteiger partial charge on any atom is 0.269 e. The van der Waals surface area contributed by atoms with Gasteiger partial charge in [-0.05, 0) is 11.6 Å². The van der Waals surface area contributed by atoms with Crippen molar-refractivity contribution in [2.24, 2.45) is 5.10 Å². The molecule has 0 aliphatic rings. The Morgan fingerprint density at radius 2 is 2.09 bits per heavy atom. The van der Waals surface area contributed by atoms with Crippen LogP contribution in [0.3, 0.4) is 0 Å². The summed E-state index contributed by atoms with van der Waals surface area (Å²) in [5.41, 5.74) is 3.82. The first-order valence-electron chi connectivity index (χ1n) is 6.64. The van der Waals surface area contributed by atoms with Crippen molar-refractivity contribution in [2.75, 3.05) is 0 Å². The molecule has 0 heterocycles. The number of nitrogens with zero attached hydrogens (tertiary/aromatic N) is 3. The number of non-ortho nitro benzene ring substituents is 1. The van der Waals surface area contributed by atoms with Crippen molar-refractivity contribution in [3.8, 4) is 6.07 Å². The molecular weight excluding hydrogens is 296 g/mol. The number of nitro groups is 1. The molecule has 23 heavy (non-hydrogen) atoms. The van der Waals surface area contributed by atoms with E-state index in [2.05, 4.69) is 10.5 Å². The van der Waals surface area contributed by atoms with Gasteiger partial charge in [-0.25, -0.2) is 5.43 Å². The third-order valence-electron chi connectivity index (χ3n) is 2.96. The molecular formula is C16H12N4O3. The predicted molar refractivity (Wildman–Crippen MR) is 83.7 cm³/mol. The van der Waals surface area contributed by atoms with E-state index in [1.165, 1.54) is 24.4 Å². The fourth-order valence-corrected chi connectivity index (χ4v) is 1.89. The lowest BCUT2D eigenvalue weighted by Gasteiger charge is -2.01. The van der Waals surface area contributed by atoms with Gasteiger partial charge < -0.3 is 0 Å². The molecule has 0 aliphatic heterocycles. The average Bonchev–Trinajstić information content (AvgIpc) is 2.55.